The zero-order valence-corrected chi connectivity index (χ0v) is 11.8. The van der Waals surface area contributed by atoms with Crippen LogP contribution in [-0.4, -0.2) is 33.9 Å². The summed E-state index contributed by atoms with van der Waals surface area (Å²) in [6, 6.07) is 1.12. The molecular formula is C14H21N5O. The molecule has 2 fully saturated rings. The van der Waals surface area contributed by atoms with Crippen molar-refractivity contribution in [3.05, 3.63) is 11.9 Å². The first-order chi connectivity index (χ1) is 9.74. The summed E-state index contributed by atoms with van der Waals surface area (Å²) in [6.45, 7) is 3.82. The molecule has 3 aliphatic rings. The molecule has 0 unspecified atom stereocenters. The van der Waals surface area contributed by atoms with Crippen LogP contribution in [0.15, 0.2) is 6.20 Å². The average molecular weight is 275 g/mol. The Bertz CT molecular complexity index is 540. The second kappa shape index (κ2) is 4.48. The number of aromatic nitrogens is 2. The quantitative estimate of drug-likeness (QED) is 0.810. The van der Waals surface area contributed by atoms with Crippen molar-refractivity contribution in [2.75, 3.05) is 4.90 Å². The molecule has 4 rings (SSSR count). The number of rotatable bonds is 1. The number of carbonyl (C=O) groups excluding carboxylic acids is 1. The highest BCUT2D eigenvalue weighted by Crippen LogP contribution is 2.34. The molecule has 1 aromatic rings. The fourth-order valence-electron chi connectivity index (χ4n) is 3.79. The van der Waals surface area contributed by atoms with E-state index in [1.807, 2.05) is 15.8 Å². The van der Waals surface area contributed by atoms with Crippen molar-refractivity contribution in [2.45, 2.75) is 63.8 Å². The summed E-state index contributed by atoms with van der Waals surface area (Å²) in [5.41, 5.74) is 2.14. The minimum Gasteiger partial charge on any atom is -0.333 e. The van der Waals surface area contributed by atoms with Crippen molar-refractivity contribution in [3.63, 3.8) is 0 Å². The fourth-order valence-corrected chi connectivity index (χ4v) is 3.79. The Kier molecular flexibility index (Phi) is 2.73. The van der Waals surface area contributed by atoms with E-state index in [0.717, 1.165) is 37.3 Å². The monoisotopic (exact) mass is 275 g/mol. The minimum absolute atomic E-state index is 0.0521. The largest absolute Gasteiger partial charge is 0.333 e. The Hall–Kier alpha value is -1.56. The van der Waals surface area contributed by atoms with Gasteiger partial charge < -0.3 is 10.6 Å². The smallest absolute Gasteiger partial charge is 0.322 e. The standard InChI is InChI=1S/C14H21N5O/c1-9-8-18-12(6-15-9)13(7-16-18)19-11-5-3-2-4-10(11)17-14(19)20/h7,9-11,15H,2-6,8H2,1H3,(H,17,20)/t9-,10+,11+/m0/s1. The van der Waals surface area contributed by atoms with Crippen LogP contribution >= 0.6 is 0 Å². The number of amides is 2. The number of carbonyl (C=O) groups is 1. The molecule has 0 aromatic carbocycles. The summed E-state index contributed by atoms with van der Waals surface area (Å²) < 4.78 is 2.04. The highest BCUT2D eigenvalue weighted by atomic mass is 16.2. The minimum atomic E-state index is 0.0521. The van der Waals surface area contributed by atoms with E-state index in [-0.39, 0.29) is 6.03 Å². The maximum atomic E-state index is 12.3. The molecule has 0 spiro atoms. The summed E-state index contributed by atoms with van der Waals surface area (Å²) in [6.07, 6.45) is 6.50. The molecule has 1 aliphatic carbocycles. The van der Waals surface area contributed by atoms with Crippen LogP contribution in [0.5, 0.6) is 0 Å². The molecule has 1 saturated heterocycles. The lowest BCUT2D eigenvalue weighted by atomic mass is 9.91. The summed E-state index contributed by atoms with van der Waals surface area (Å²) in [5.74, 6) is 0. The van der Waals surface area contributed by atoms with E-state index < -0.39 is 0 Å². The average Bonchev–Trinajstić information content (AvgIpc) is 2.97. The highest BCUT2D eigenvalue weighted by molar-refractivity contribution is 5.96. The van der Waals surface area contributed by atoms with Crippen LogP contribution in [-0.2, 0) is 13.1 Å². The maximum Gasteiger partial charge on any atom is 0.322 e. The first-order valence-electron chi connectivity index (χ1n) is 7.62. The highest BCUT2D eigenvalue weighted by Gasteiger charge is 2.42. The van der Waals surface area contributed by atoms with Gasteiger partial charge in [-0.3, -0.25) is 9.58 Å². The topological polar surface area (TPSA) is 62.2 Å². The van der Waals surface area contributed by atoms with Gasteiger partial charge in [0.2, 0.25) is 0 Å². The molecule has 2 N–H and O–H groups in total. The molecular weight excluding hydrogens is 254 g/mol. The van der Waals surface area contributed by atoms with E-state index in [1.54, 1.807) is 0 Å². The molecule has 1 aromatic heterocycles. The summed E-state index contributed by atoms with van der Waals surface area (Å²) in [7, 11) is 0. The van der Waals surface area contributed by atoms with E-state index in [2.05, 4.69) is 22.7 Å². The Balaban J connectivity index is 1.69. The molecule has 6 nitrogen and oxygen atoms in total. The van der Waals surface area contributed by atoms with Gasteiger partial charge in [-0.2, -0.15) is 5.10 Å². The first-order valence-corrected chi connectivity index (χ1v) is 7.62. The fraction of sp³-hybridized carbons (Fsp3) is 0.714. The van der Waals surface area contributed by atoms with Gasteiger partial charge in [0.1, 0.15) is 0 Å². The van der Waals surface area contributed by atoms with Gasteiger partial charge in [-0.25, -0.2) is 4.79 Å². The summed E-state index contributed by atoms with van der Waals surface area (Å²) in [5, 5.41) is 11.1. The molecule has 0 bridgehead atoms. The Morgan fingerprint density at radius 3 is 3.10 bits per heavy atom. The maximum absolute atomic E-state index is 12.3. The third kappa shape index (κ3) is 1.74. The van der Waals surface area contributed by atoms with Gasteiger partial charge in [0, 0.05) is 12.6 Å². The number of hydrogen-bond donors (Lipinski definition) is 2. The van der Waals surface area contributed by atoms with Crippen LogP contribution < -0.4 is 15.5 Å². The van der Waals surface area contributed by atoms with Crippen molar-refractivity contribution in [1.29, 1.82) is 0 Å². The van der Waals surface area contributed by atoms with E-state index in [1.165, 1.54) is 12.8 Å². The Morgan fingerprint density at radius 2 is 2.20 bits per heavy atom. The number of hydrogen-bond acceptors (Lipinski definition) is 3. The van der Waals surface area contributed by atoms with Crippen molar-refractivity contribution in [3.8, 4) is 0 Å². The van der Waals surface area contributed by atoms with Gasteiger partial charge in [-0.1, -0.05) is 12.8 Å². The zero-order valence-electron chi connectivity index (χ0n) is 11.8. The number of nitrogens with one attached hydrogen (secondary N) is 2. The third-order valence-corrected chi connectivity index (χ3v) is 4.84. The van der Waals surface area contributed by atoms with Crippen molar-refractivity contribution < 1.29 is 4.79 Å². The number of nitrogens with zero attached hydrogens (tertiary/aromatic N) is 3. The number of fused-ring (bicyclic) bond motifs is 2. The van der Waals surface area contributed by atoms with Crippen LogP contribution in [0.3, 0.4) is 0 Å². The van der Waals surface area contributed by atoms with Crippen LogP contribution in [0.2, 0.25) is 0 Å². The predicted molar refractivity (Wildman–Crippen MR) is 75.6 cm³/mol. The lowest BCUT2D eigenvalue weighted by molar-refractivity contribution is 0.250. The molecule has 3 heterocycles. The molecule has 2 aliphatic heterocycles. The Labute approximate surface area is 118 Å². The van der Waals surface area contributed by atoms with E-state index in [9.17, 15) is 4.79 Å². The molecule has 20 heavy (non-hydrogen) atoms. The SMILES string of the molecule is C[C@H]1Cn2ncc(N3C(=O)N[C@@H]4CCCC[C@H]43)c2CN1. The van der Waals surface area contributed by atoms with Crippen LogP contribution in [0.25, 0.3) is 0 Å². The van der Waals surface area contributed by atoms with Gasteiger partial charge in [-0.15, -0.1) is 0 Å². The molecule has 3 atom stereocenters. The van der Waals surface area contributed by atoms with E-state index in [4.69, 9.17) is 0 Å². The first kappa shape index (κ1) is 12.2. The van der Waals surface area contributed by atoms with Gasteiger partial charge >= 0.3 is 6.03 Å². The molecule has 6 heteroatoms. The molecule has 1 saturated carbocycles. The van der Waals surface area contributed by atoms with Crippen molar-refractivity contribution in [1.82, 2.24) is 20.4 Å². The normalized spacial score (nSPS) is 32.8. The van der Waals surface area contributed by atoms with E-state index >= 15 is 0 Å². The van der Waals surface area contributed by atoms with Crippen LogP contribution in [0, 0.1) is 0 Å². The van der Waals surface area contributed by atoms with Crippen LogP contribution in [0.4, 0.5) is 10.5 Å². The Morgan fingerprint density at radius 1 is 1.35 bits per heavy atom. The lowest BCUT2D eigenvalue weighted by Gasteiger charge is -2.30. The second-order valence-corrected chi connectivity index (χ2v) is 6.22. The van der Waals surface area contributed by atoms with Crippen molar-refractivity contribution in [2.24, 2.45) is 0 Å². The summed E-state index contributed by atoms with van der Waals surface area (Å²) >= 11 is 0. The third-order valence-electron chi connectivity index (χ3n) is 4.84. The number of urea groups is 1. The predicted octanol–water partition coefficient (Wildman–Crippen LogP) is 1.22. The van der Waals surface area contributed by atoms with Gasteiger partial charge in [0.25, 0.3) is 0 Å². The number of anilines is 1. The van der Waals surface area contributed by atoms with Gasteiger partial charge in [0.05, 0.1) is 36.2 Å². The second-order valence-electron chi connectivity index (χ2n) is 6.22. The van der Waals surface area contributed by atoms with E-state index in [0.29, 0.717) is 18.1 Å². The van der Waals surface area contributed by atoms with Crippen LogP contribution in [0.1, 0.15) is 38.3 Å². The molecule has 0 radical (unpaired) electrons. The van der Waals surface area contributed by atoms with Gasteiger partial charge in [-0.05, 0) is 19.8 Å². The van der Waals surface area contributed by atoms with Gasteiger partial charge in [0.15, 0.2) is 0 Å². The molecule has 2 amide bonds. The molecule has 108 valence electrons. The lowest BCUT2D eigenvalue weighted by Crippen LogP contribution is -2.41. The summed E-state index contributed by atoms with van der Waals surface area (Å²) in [4.78, 5) is 14.3. The van der Waals surface area contributed by atoms with Crippen molar-refractivity contribution >= 4 is 11.7 Å². The zero-order chi connectivity index (χ0) is 13.7.